The molecule has 0 radical (unpaired) electrons. The number of hydrogen-bond acceptors (Lipinski definition) is 9. The Bertz CT molecular complexity index is 1040. The molecular weight excluding hydrogens is 654 g/mol. The molecule has 0 aromatic carbocycles. The summed E-state index contributed by atoms with van der Waals surface area (Å²) in [6.45, 7) is 20.4. The van der Waals surface area contributed by atoms with E-state index in [0.717, 1.165) is 90.7 Å². The van der Waals surface area contributed by atoms with E-state index < -0.39 is 5.60 Å². The van der Waals surface area contributed by atoms with Crippen LogP contribution in [0.3, 0.4) is 0 Å². The van der Waals surface area contributed by atoms with Gasteiger partial charge in [-0.15, -0.1) is 0 Å². The van der Waals surface area contributed by atoms with Crippen molar-refractivity contribution < 1.29 is 23.7 Å². The summed E-state index contributed by atoms with van der Waals surface area (Å²) in [4.78, 5) is 11.9. The highest BCUT2D eigenvalue weighted by atomic mass is 16.6. The van der Waals surface area contributed by atoms with E-state index >= 15 is 0 Å². The van der Waals surface area contributed by atoms with Gasteiger partial charge in [0.05, 0.1) is 18.3 Å². The van der Waals surface area contributed by atoms with Crippen LogP contribution in [0.15, 0.2) is 0 Å². The van der Waals surface area contributed by atoms with E-state index in [-0.39, 0.29) is 29.1 Å². The number of ether oxygens (including phenoxy) is 4. The molecule has 11 atom stereocenters. The fraction of sp³-hybridized carbons (Fsp3) is 0.976. The van der Waals surface area contributed by atoms with Gasteiger partial charge in [-0.25, -0.2) is 4.79 Å². The van der Waals surface area contributed by atoms with Gasteiger partial charge in [-0.1, -0.05) is 20.8 Å². The average molecular weight is 736 g/mol. The average Bonchev–Trinajstić information content (AvgIpc) is 3.45. The quantitative estimate of drug-likeness (QED) is 0.0797. The highest BCUT2D eigenvalue weighted by Gasteiger charge is 2.66. The first-order chi connectivity index (χ1) is 24.9. The van der Waals surface area contributed by atoms with E-state index in [1.807, 2.05) is 20.8 Å². The number of carbonyl (C=O) groups excluding carboxylic acids is 1. The predicted molar refractivity (Wildman–Crippen MR) is 211 cm³/mol. The molecule has 0 heterocycles. The Balaban J connectivity index is 1.39. The van der Waals surface area contributed by atoms with Gasteiger partial charge in [0.1, 0.15) is 5.60 Å². The van der Waals surface area contributed by atoms with Gasteiger partial charge in [0, 0.05) is 31.8 Å². The normalized spacial score (nSPS) is 35.0. The first kappa shape index (κ1) is 43.7. The summed E-state index contributed by atoms with van der Waals surface area (Å²) in [5.41, 5.74) is 17.7. The molecule has 0 aromatic rings. The molecule has 8 N–H and O–H groups in total. The highest BCUT2D eigenvalue weighted by Crippen LogP contribution is 2.69. The zero-order chi connectivity index (χ0) is 37.8. The van der Waals surface area contributed by atoms with Crippen LogP contribution in [-0.2, 0) is 18.9 Å². The zero-order valence-electron chi connectivity index (χ0n) is 34.2. The van der Waals surface area contributed by atoms with Crippen molar-refractivity contribution >= 4 is 6.09 Å². The Morgan fingerprint density at radius 3 is 2.13 bits per heavy atom. The summed E-state index contributed by atoms with van der Waals surface area (Å²) in [5.74, 6) is 3.65. The van der Waals surface area contributed by atoms with Crippen molar-refractivity contribution in [2.24, 2.45) is 63.5 Å². The van der Waals surface area contributed by atoms with Gasteiger partial charge in [0.15, 0.2) is 0 Å². The lowest BCUT2D eigenvalue weighted by Crippen LogP contribution is -2.63. The van der Waals surface area contributed by atoms with Gasteiger partial charge >= 0.3 is 6.09 Å². The first-order valence-corrected chi connectivity index (χ1v) is 21.5. The number of fused-ring (bicyclic) bond motifs is 5. The predicted octanol–water partition coefficient (Wildman–Crippen LogP) is 6.38. The molecule has 1 amide bonds. The summed E-state index contributed by atoms with van der Waals surface area (Å²) >= 11 is 0. The lowest BCUT2D eigenvalue weighted by atomic mass is 9.43. The Morgan fingerprint density at radius 1 is 0.788 bits per heavy atom. The van der Waals surface area contributed by atoms with Gasteiger partial charge in [0.2, 0.25) is 0 Å². The molecule has 4 rings (SSSR count). The summed E-state index contributed by atoms with van der Waals surface area (Å²) in [6.07, 6.45) is 16.1. The maximum absolute atomic E-state index is 11.9. The number of unbranched alkanes of at least 4 members (excludes halogenated alkanes) is 1. The molecule has 52 heavy (non-hydrogen) atoms. The third-order valence-corrected chi connectivity index (χ3v) is 14.0. The van der Waals surface area contributed by atoms with Gasteiger partial charge in [-0.2, -0.15) is 0 Å². The van der Waals surface area contributed by atoms with Gasteiger partial charge in [-0.3, -0.25) is 0 Å². The van der Waals surface area contributed by atoms with Crippen molar-refractivity contribution in [2.45, 2.75) is 155 Å². The molecule has 0 aliphatic heterocycles. The topological polar surface area (TPSA) is 156 Å². The lowest BCUT2D eigenvalue weighted by Gasteiger charge is -2.65. The summed E-state index contributed by atoms with van der Waals surface area (Å²) in [5, 5.41) is 6.53. The van der Waals surface area contributed by atoms with E-state index in [0.29, 0.717) is 67.8 Å². The van der Waals surface area contributed by atoms with Crippen LogP contribution in [0.4, 0.5) is 4.79 Å². The minimum Gasteiger partial charge on any atom is -0.444 e. The molecular formula is C42H81N5O5. The van der Waals surface area contributed by atoms with Crippen LogP contribution in [0.5, 0.6) is 0 Å². The Labute approximate surface area is 317 Å². The highest BCUT2D eigenvalue weighted by molar-refractivity contribution is 5.67. The van der Waals surface area contributed by atoms with Crippen LogP contribution in [-0.4, -0.2) is 89.1 Å². The number of nitrogens with one attached hydrogen (secondary N) is 2. The van der Waals surface area contributed by atoms with Gasteiger partial charge in [0.25, 0.3) is 0 Å². The van der Waals surface area contributed by atoms with E-state index in [1.165, 1.54) is 32.1 Å². The van der Waals surface area contributed by atoms with Crippen LogP contribution < -0.4 is 27.8 Å². The molecule has 10 nitrogen and oxygen atoms in total. The van der Waals surface area contributed by atoms with Crippen LogP contribution in [0.2, 0.25) is 0 Å². The molecule has 304 valence electrons. The molecule has 0 spiro atoms. The van der Waals surface area contributed by atoms with Gasteiger partial charge in [-0.05, 0) is 184 Å². The standard InChI is InChI=1S/C42H81N5O5/c1-30(13-9-22-46-21-7-8-23-47-39(48)52-40(2,3)4)33-14-15-34-38-35(29-37(42(33,34)6)51-26-12-20-45)41(5)17-16-32(49-24-10-18-43)27-31(41)28-36(38)50-25-11-19-44/h30-38,46H,7-29,43-45H2,1-6H3,(H,47,48)/t30-,31?,32-,33?,34+,35+,36-,37+,38?,41+,42-/m1/s1. The molecule has 10 heteroatoms. The smallest absolute Gasteiger partial charge is 0.407 e. The minimum absolute atomic E-state index is 0.130. The van der Waals surface area contributed by atoms with Crippen molar-refractivity contribution in [1.82, 2.24) is 10.6 Å². The van der Waals surface area contributed by atoms with Crippen LogP contribution >= 0.6 is 0 Å². The fourth-order valence-electron chi connectivity index (χ4n) is 11.4. The van der Waals surface area contributed by atoms with Gasteiger partial charge < -0.3 is 46.8 Å². The molecule has 3 unspecified atom stereocenters. The maximum atomic E-state index is 11.9. The number of hydrogen-bond donors (Lipinski definition) is 5. The van der Waals surface area contributed by atoms with Crippen LogP contribution in [0.1, 0.15) is 131 Å². The van der Waals surface area contributed by atoms with E-state index in [2.05, 4.69) is 31.4 Å². The molecule has 0 aromatic heterocycles. The zero-order valence-corrected chi connectivity index (χ0v) is 34.2. The Hall–Kier alpha value is -1.01. The number of rotatable bonds is 22. The van der Waals surface area contributed by atoms with Crippen LogP contribution in [0.25, 0.3) is 0 Å². The molecule has 4 saturated carbocycles. The Kier molecular flexibility index (Phi) is 17.5. The third-order valence-electron chi connectivity index (χ3n) is 14.0. The van der Waals surface area contributed by atoms with Crippen molar-refractivity contribution in [1.29, 1.82) is 0 Å². The third kappa shape index (κ3) is 11.3. The second-order valence-corrected chi connectivity index (χ2v) is 18.5. The first-order valence-electron chi connectivity index (χ1n) is 21.5. The van der Waals surface area contributed by atoms with Crippen molar-refractivity contribution in [2.75, 3.05) is 59.1 Å². The second-order valence-electron chi connectivity index (χ2n) is 18.5. The van der Waals surface area contributed by atoms with Crippen LogP contribution in [0, 0.1) is 46.3 Å². The molecule has 4 aliphatic rings. The Morgan fingerprint density at radius 2 is 1.44 bits per heavy atom. The lowest BCUT2D eigenvalue weighted by molar-refractivity contribution is -0.227. The summed E-state index contributed by atoms with van der Waals surface area (Å²) in [6, 6.07) is 0. The second kappa shape index (κ2) is 20.8. The SMILES string of the molecule is C[C@H](CCCNCCCCNC(=O)OC(C)(C)C)C1CC[C@H]2C3[C@H](OCCCN)CC4C[C@H](OCCCN)CC[C@]4(C)[C@H]3C[C@H](OCCCN)[C@]12C. The summed E-state index contributed by atoms with van der Waals surface area (Å²) < 4.78 is 25.7. The van der Waals surface area contributed by atoms with E-state index in [4.69, 9.17) is 36.1 Å². The summed E-state index contributed by atoms with van der Waals surface area (Å²) in [7, 11) is 0. The molecule has 4 aliphatic carbocycles. The largest absolute Gasteiger partial charge is 0.444 e. The van der Waals surface area contributed by atoms with E-state index in [1.54, 1.807) is 0 Å². The number of alkyl carbamates (subject to hydrolysis) is 1. The van der Waals surface area contributed by atoms with E-state index in [9.17, 15) is 4.79 Å². The molecule has 0 saturated heterocycles. The minimum atomic E-state index is -0.462. The number of carbonyl (C=O) groups is 1. The number of nitrogens with two attached hydrogens (primary N) is 3. The fourth-order valence-corrected chi connectivity index (χ4v) is 11.4. The molecule has 0 bridgehead atoms. The monoisotopic (exact) mass is 736 g/mol. The maximum Gasteiger partial charge on any atom is 0.407 e. The van der Waals surface area contributed by atoms with Crippen molar-refractivity contribution in [3.05, 3.63) is 0 Å². The van der Waals surface area contributed by atoms with Crippen molar-refractivity contribution in [3.8, 4) is 0 Å². The number of amides is 1. The van der Waals surface area contributed by atoms with Crippen molar-refractivity contribution in [3.63, 3.8) is 0 Å². The molecule has 4 fully saturated rings.